The van der Waals surface area contributed by atoms with Gasteiger partial charge in [-0.05, 0) is 43.5 Å². The highest BCUT2D eigenvalue weighted by Crippen LogP contribution is 2.14. The van der Waals surface area contributed by atoms with E-state index in [9.17, 15) is 9.59 Å². The second-order valence-electron chi connectivity index (χ2n) is 6.89. The summed E-state index contributed by atoms with van der Waals surface area (Å²) in [5.74, 6) is 0.868. The zero-order valence-corrected chi connectivity index (χ0v) is 16.0. The van der Waals surface area contributed by atoms with Gasteiger partial charge in [0.1, 0.15) is 5.75 Å². The van der Waals surface area contributed by atoms with Gasteiger partial charge in [0.2, 0.25) is 5.91 Å². The van der Waals surface area contributed by atoms with Gasteiger partial charge in [0, 0.05) is 31.2 Å². The lowest BCUT2D eigenvalue weighted by Gasteiger charge is -2.32. The first-order chi connectivity index (χ1) is 13.7. The van der Waals surface area contributed by atoms with Gasteiger partial charge in [-0.1, -0.05) is 36.4 Å². The lowest BCUT2D eigenvalue weighted by Crippen LogP contribution is -2.47. The third-order valence-electron chi connectivity index (χ3n) is 4.73. The predicted molar refractivity (Wildman–Crippen MR) is 109 cm³/mol. The molecule has 6 nitrogen and oxygen atoms in total. The van der Waals surface area contributed by atoms with Crippen LogP contribution < -0.4 is 15.4 Å². The Morgan fingerprint density at radius 3 is 2.29 bits per heavy atom. The van der Waals surface area contributed by atoms with E-state index < -0.39 is 0 Å². The fourth-order valence-electron chi connectivity index (χ4n) is 3.19. The lowest BCUT2D eigenvalue weighted by molar-refractivity contribution is -0.122. The van der Waals surface area contributed by atoms with Gasteiger partial charge < -0.3 is 20.3 Å². The Hall–Kier alpha value is -3.02. The Balaban J connectivity index is 1.30. The van der Waals surface area contributed by atoms with Crippen molar-refractivity contribution in [3.8, 4) is 5.75 Å². The zero-order chi connectivity index (χ0) is 19.6. The molecule has 1 aliphatic rings. The molecule has 1 saturated heterocycles. The largest absolute Gasteiger partial charge is 0.494 e. The number of likely N-dealkylation sites (tertiary alicyclic amines) is 1. The second kappa shape index (κ2) is 10.3. The van der Waals surface area contributed by atoms with E-state index in [0.717, 1.165) is 24.3 Å². The zero-order valence-electron chi connectivity index (χ0n) is 16.0. The summed E-state index contributed by atoms with van der Waals surface area (Å²) in [5, 5.41) is 5.97. The molecule has 0 aromatic heterocycles. The number of urea groups is 1. The minimum atomic E-state index is -0.0889. The summed E-state index contributed by atoms with van der Waals surface area (Å²) in [6.07, 6.45) is 2.67. The van der Waals surface area contributed by atoms with Gasteiger partial charge in [-0.25, -0.2) is 4.79 Å². The lowest BCUT2D eigenvalue weighted by atomic mass is 10.1. The van der Waals surface area contributed by atoms with Gasteiger partial charge in [-0.2, -0.15) is 0 Å². The maximum Gasteiger partial charge on any atom is 0.321 e. The molecule has 2 aromatic rings. The van der Waals surface area contributed by atoms with E-state index >= 15 is 0 Å². The topological polar surface area (TPSA) is 70.7 Å². The monoisotopic (exact) mass is 381 g/mol. The van der Waals surface area contributed by atoms with Crippen molar-refractivity contribution in [2.45, 2.75) is 31.7 Å². The normalized spacial score (nSPS) is 14.4. The van der Waals surface area contributed by atoms with Crippen LogP contribution in [0.1, 0.15) is 25.7 Å². The summed E-state index contributed by atoms with van der Waals surface area (Å²) >= 11 is 0. The van der Waals surface area contributed by atoms with E-state index in [1.54, 1.807) is 4.90 Å². The molecule has 0 aliphatic carbocycles. The minimum Gasteiger partial charge on any atom is -0.494 e. The van der Waals surface area contributed by atoms with Crippen LogP contribution in [-0.4, -0.2) is 42.6 Å². The standard InChI is InChI=1S/C22H27N3O3/c26-21(12-7-17-28-20-10-5-2-6-11-20)23-19-13-15-25(16-14-19)22(27)24-18-8-3-1-4-9-18/h1-6,8-11,19H,7,12-17H2,(H,23,26)(H,24,27). The van der Waals surface area contributed by atoms with Crippen LogP contribution in [0, 0.1) is 0 Å². The van der Waals surface area contributed by atoms with Crippen LogP contribution in [0.15, 0.2) is 60.7 Å². The van der Waals surface area contributed by atoms with Crippen molar-refractivity contribution in [3.63, 3.8) is 0 Å². The molecule has 2 N–H and O–H groups in total. The van der Waals surface area contributed by atoms with Crippen molar-refractivity contribution in [1.29, 1.82) is 0 Å². The molecule has 0 bridgehead atoms. The summed E-state index contributed by atoms with van der Waals surface area (Å²) in [7, 11) is 0. The number of carbonyl (C=O) groups excluding carboxylic acids is 2. The summed E-state index contributed by atoms with van der Waals surface area (Å²) in [4.78, 5) is 26.2. The van der Waals surface area contributed by atoms with Crippen LogP contribution in [0.3, 0.4) is 0 Å². The first-order valence-electron chi connectivity index (χ1n) is 9.79. The Kier molecular flexibility index (Phi) is 7.29. The van der Waals surface area contributed by atoms with Crippen LogP contribution in [0.5, 0.6) is 5.75 Å². The van der Waals surface area contributed by atoms with Crippen molar-refractivity contribution < 1.29 is 14.3 Å². The van der Waals surface area contributed by atoms with Gasteiger partial charge in [0.25, 0.3) is 0 Å². The summed E-state index contributed by atoms with van der Waals surface area (Å²) in [5.41, 5.74) is 0.792. The van der Waals surface area contributed by atoms with Crippen LogP contribution in [0.2, 0.25) is 0 Å². The molecule has 0 unspecified atom stereocenters. The minimum absolute atomic E-state index is 0.0452. The Morgan fingerprint density at radius 1 is 0.964 bits per heavy atom. The number of hydrogen-bond acceptors (Lipinski definition) is 3. The average molecular weight is 381 g/mol. The van der Waals surface area contributed by atoms with Crippen molar-refractivity contribution in [3.05, 3.63) is 60.7 Å². The molecule has 3 amide bonds. The number of nitrogens with one attached hydrogen (secondary N) is 2. The molecule has 1 fully saturated rings. The van der Waals surface area contributed by atoms with Crippen molar-refractivity contribution in [2.75, 3.05) is 25.0 Å². The fraction of sp³-hybridized carbons (Fsp3) is 0.364. The molecule has 0 saturated carbocycles. The van der Waals surface area contributed by atoms with E-state index in [4.69, 9.17) is 4.74 Å². The van der Waals surface area contributed by atoms with Crippen LogP contribution >= 0.6 is 0 Å². The molecule has 148 valence electrons. The summed E-state index contributed by atoms with van der Waals surface area (Å²) in [6, 6.07) is 19.1. The molecule has 0 spiro atoms. The van der Waals surface area contributed by atoms with Gasteiger partial charge in [-0.3, -0.25) is 4.79 Å². The number of nitrogens with zero attached hydrogens (tertiary/aromatic N) is 1. The predicted octanol–water partition coefficient (Wildman–Crippen LogP) is 3.66. The van der Waals surface area contributed by atoms with E-state index in [2.05, 4.69) is 10.6 Å². The highest BCUT2D eigenvalue weighted by Gasteiger charge is 2.23. The highest BCUT2D eigenvalue weighted by atomic mass is 16.5. The Morgan fingerprint density at radius 2 is 1.61 bits per heavy atom. The van der Waals surface area contributed by atoms with Crippen molar-refractivity contribution in [2.24, 2.45) is 0 Å². The van der Waals surface area contributed by atoms with Gasteiger partial charge in [0.15, 0.2) is 0 Å². The number of piperidine rings is 1. The second-order valence-corrected chi connectivity index (χ2v) is 6.89. The molecule has 3 rings (SSSR count). The Bertz CT molecular complexity index is 744. The molecular formula is C22H27N3O3. The van der Waals surface area contributed by atoms with Gasteiger partial charge >= 0.3 is 6.03 Å². The molecule has 1 heterocycles. The van der Waals surface area contributed by atoms with Gasteiger partial charge in [0.05, 0.1) is 6.61 Å². The number of para-hydroxylation sites is 2. The number of anilines is 1. The molecule has 0 atom stereocenters. The molecular weight excluding hydrogens is 354 g/mol. The molecule has 6 heteroatoms. The van der Waals surface area contributed by atoms with Crippen LogP contribution in [0.25, 0.3) is 0 Å². The maximum atomic E-state index is 12.3. The first kappa shape index (κ1) is 19.7. The van der Waals surface area contributed by atoms with E-state index in [1.165, 1.54) is 0 Å². The molecule has 0 radical (unpaired) electrons. The molecule has 1 aliphatic heterocycles. The third kappa shape index (κ3) is 6.30. The molecule has 28 heavy (non-hydrogen) atoms. The number of benzene rings is 2. The van der Waals surface area contributed by atoms with Gasteiger partial charge in [-0.15, -0.1) is 0 Å². The SMILES string of the molecule is O=C(CCCOc1ccccc1)NC1CCN(C(=O)Nc2ccccc2)CC1. The van der Waals surface area contributed by atoms with Crippen molar-refractivity contribution in [1.82, 2.24) is 10.2 Å². The third-order valence-corrected chi connectivity index (χ3v) is 4.73. The number of carbonyl (C=O) groups is 2. The smallest absolute Gasteiger partial charge is 0.321 e. The van der Waals surface area contributed by atoms with Crippen LogP contribution in [0.4, 0.5) is 10.5 Å². The number of ether oxygens (including phenoxy) is 1. The number of amides is 3. The quantitative estimate of drug-likeness (QED) is 0.719. The molecule has 2 aromatic carbocycles. The van der Waals surface area contributed by atoms with E-state index in [1.807, 2.05) is 60.7 Å². The van der Waals surface area contributed by atoms with E-state index in [0.29, 0.717) is 32.5 Å². The summed E-state index contributed by atoms with van der Waals surface area (Å²) in [6.45, 7) is 1.80. The first-order valence-corrected chi connectivity index (χ1v) is 9.79. The van der Waals surface area contributed by atoms with Crippen LogP contribution in [-0.2, 0) is 4.79 Å². The Labute approximate surface area is 165 Å². The average Bonchev–Trinajstić information content (AvgIpc) is 2.73. The maximum absolute atomic E-state index is 12.3. The number of hydrogen-bond donors (Lipinski definition) is 2. The number of rotatable bonds is 7. The van der Waals surface area contributed by atoms with E-state index in [-0.39, 0.29) is 18.0 Å². The van der Waals surface area contributed by atoms with Crippen molar-refractivity contribution >= 4 is 17.6 Å². The highest BCUT2D eigenvalue weighted by molar-refractivity contribution is 5.89. The fourth-order valence-corrected chi connectivity index (χ4v) is 3.19. The summed E-state index contributed by atoms with van der Waals surface area (Å²) < 4.78 is 5.60.